The van der Waals surface area contributed by atoms with E-state index in [-0.39, 0.29) is 0 Å². The van der Waals surface area contributed by atoms with E-state index in [1.54, 1.807) is 20.4 Å². The van der Waals surface area contributed by atoms with Crippen molar-refractivity contribution in [2.45, 2.75) is 26.8 Å². The molecule has 0 aliphatic rings. The maximum atomic E-state index is 5.69. The molecular formula is C21H30N4O3. The number of ether oxygens (including phenoxy) is 3. The molecule has 7 nitrogen and oxygen atoms in total. The Kier molecular flexibility index (Phi) is 8.91. The summed E-state index contributed by atoms with van der Waals surface area (Å²) in [4.78, 5) is 8.47. The fraction of sp³-hybridized carbons (Fsp3) is 0.429. The summed E-state index contributed by atoms with van der Waals surface area (Å²) in [6.07, 6.45) is 2.55. The van der Waals surface area contributed by atoms with Crippen LogP contribution in [0.25, 0.3) is 0 Å². The number of aliphatic imine (C=N–C) groups is 1. The molecule has 2 aromatic rings. The topological polar surface area (TPSA) is 77.0 Å². The van der Waals surface area contributed by atoms with Gasteiger partial charge in [-0.2, -0.15) is 0 Å². The van der Waals surface area contributed by atoms with Crippen molar-refractivity contribution in [3.63, 3.8) is 0 Å². The Labute approximate surface area is 167 Å². The summed E-state index contributed by atoms with van der Waals surface area (Å²) in [5.74, 6) is 2.90. The number of pyridine rings is 1. The highest BCUT2D eigenvalue weighted by atomic mass is 16.5. The van der Waals surface area contributed by atoms with Crippen LogP contribution in [0.5, 0.6) is 17.4 Å². The van der Waals surface area contributed by atoms with Crippen molar-refractivity contribution in [3.05, 3.63) is 47.7 Å². The SMILES string of the molecule is CCOc1ccc(CCNC(=NC)NCc2cccnc2OC)cc1OCC. The van der Waals surface area contributed by atoms with Gasteiger partial charge in [0.15, 0.2) is 17.5 Å². The van der Waals surface area contributed by atoms with Crippen LogP contribution in [0.2, 0.25) is 0 Å². The zero-order valence-corrected chi connectivity index (χ0v) is 17.1. The Balaban J connectivity index is 1.87. The molecule has 0 unspecified atom stereocenters. The van der Waals surface area contributed by atoms with Crippen molar-refractivity contribution in [2.24, 2.45) is 4.99 Å². The molecule has 0 aliphatic carbocycles. The van der Waals surface area contributed by atoms with E-state index >= 15 is 0 Å². The van der Waals surface area contributed by atoms with Crippen molar-refractivity contribution in [2.75, 3.05) is 33.9 Å². The highest BCUT2D eigenvalue weighted by Crippen LogP contribution is 2.28. The van der Waals surface area contributed by atoms with Crippen molar-refractivity contribution in [1.82, 2.24) is 15.6 Å². The maximum absolute atomic E-state index is 5.69. The van der Waals surface area contributed by atoms with Gasteiger partial charge in [-0.25, -0.2) is 4.98 Å². The highest BCUT2D eigenvalue weighted by Gasteiger charge is 2.07. The Bertz CT molecular complexity index is 765. The van der Waals surface area contributed by atoms with Gasteiger partial charge >= 0.3 is 0 Å². The monoisotopic (exact) mass is 386 g/mol. The maximum Gasteiger partial charge on any atom is 0.218 e. The molecule has 0 amide bonds. The number of hydrogen-bond donors (Lipinski definition) is 2. The van der Waals surface area contributed by atoms with Crippen molar-refractivity contribution in [3.8, 4) is 17.4 Å². The predicted octanol–water partition coefficient (Wildman–Crippen LogP) is 2.80. The fourth-order valence-corrected chi connectivity index (χ4v) is 2.72. The Morgan fingerprint density at radius 1 is 1.07 bits per heavy atom. The summed E-state index contributed by atoms with van der Waals surface area (Å²) in [5, 5.41) is 6.60. The lowest BCUT2D eigenvalue weighted by Crippen LogP contribution is -2.37. The van der Waals surface area contributed by atoms with E-state index in [9.17, 15) is 0 Å². The zero-order chi connectivity index (χ0) is 20.2. The van der Waals surface area contributed by atoms with Gasteiger partial charge in [0.25, 0.3) is 0 Å². The third kappa shape index (κ3) is 6.33. The van der Waals surface area contributed by atoms with E-state index < -0.39 is 0 Å². The van der Waals surface area contributed by atoms with Gasteiger partial charge in [-0.3, -0.25) is 4.99 Å². The first kappa shape index (κ1) is 21.3. The molecule has 152 valence electrons. The van der Waals surface area contributed by atoms with Gasteiger partial charge in [0, 0.05) is 31.9 Å². The molecule has 2 rings (SSSR count). The van der Waals surface area contributed by atoms with E-state index in [0.29, 0.717) is 25.6 Å². The minimum Gasteiger partial charge on any atom is -0.490 e. The van der Waals surface area contributed by atoms with Crippen LogP contribution in [0, 0.1) is 0 Å². The summed E-state index contributed by atoms with van der Waals surface area (Å²) < 4.78 is 16.6. The second kappa shape index (κ2) is 11.7. The number of rotatable bonds is 10. The van der Waals surface area contributed by atoms with Gasteiger partial charge in [0.05, 0.1) is 20.3 Å². The lowest BCUT2D eigenvalue weighted by atomic mass is 10.1. The summed E-state index contributed by atoms with van der Waals surface area (Å²) >= 11 is 0. The number of guanidine groups is 1. The van der Waals surface area contributed by atoms with E-state index in [4.69, 9.17) is 14.2 Å². The zero-order valence-electron chi connectivity index (χ0n) is 17.1. The standard InChI is InChI=1S/C21H30N4O3/c1-5-27-18-10-9-16(14-19(18)28-6-2)11-13-24-21(22-3)25-15-17-8-7-12-23-20(17)26-4/h7-10,12,14H,5-6,11,13,15H2,1-4H3,(H2,22,24,25). The van der Waals surface area contributed by atoms with Crippen molar-refractivity contribution < 1.29 is 14.2 Å². The fourth-order valence-electron chi connectivity index (χ4n) is 2.72. The Morgan fingerprint density at radius 2 is 1.86 bits per heavy atom. The Morgan fingerprint density at radius 3 is 2.57 bits per heavy atom. The number of methoxy groups -OCH3 is 1. The van der Waals surface area contributed by atoms with Crippen LogP contribution < -0.4 is 24.8 Å². The normalized spacial score (nSPS) is 11.1. The molecule has 1 aromatic carbocycles. The van der Waals surface area contributed by atoms with Crippen molar-refractivity contribution >= 4 is 5.96 Å². The Hall–Kier alpha value is -2.96. The average molecular weight is 386 g/mol. The van der Waals surface area contributed by atoms with Crippen molar-refractivity contribution in [1.29, 1.82) is 0 Å². The first-order chi connectivity index (χ1) is 13.7. The van der Waals surface area contributed by atoms with Crippen LogP contribution in [0.3, 0.4) is 0 Å². The number of hydrogen-bond acceptors (Lipinski definition) is 5. The third-order valence-electron chi connectivity index (χ3n) is 4.03. The second-order valence-electron chi connectivity index (χ2n) is 5.92. The lowest BCUT2D eigenvalue weighted by Gasteiger charge is -2.14. The molecule has 0 bridgehead atoms. The molecule has 0 fully saturated rings. The minimum absolute atomic E-state index is 0.578. The summed E-state index contributed by atoms with van der Waals surface area (Å²) in [7, 11) is 3.37. The molecule has 0 atom stereocenters. The molecular weight excluding hydrogens is 356 g/mol. The average Bonchev–Trinajstić information content (AvgIpc) is 2.72. The number of benzene rings is 1. The summed E-state index contributed by atoms with van der Waals surface area (Å²) in [6, 6.07) is 9.92. The van der Waals surface area contributed by atoms with Gasteiger partial charge in [-0.15, -0.1) is 0 Å². The molecule has 1 aromatic heterocycles. The van der Waals surface area contributed by atoms with E-state index in [2.05, 4.69) is 26.7 Å². The van der Waals surface area contributed by atoms with Gasteiger partial charge in [0.1, 0.15) is 0 Å². The second-order valence-corrected chi connectivity index (χ2v) is 5.92. The van der Waals surface area contributed by atoms with Crippen LogP contribution in [0.15, 0.2) is 41.5 Å². The van der Waals surface area contributed by atoms with E-state index in [1.165, 1.54) is 5.56 Å². The number of nitrogens with zero attached hydrogens (tertiary/aromatic N) is 2. The highest BCUT2D eigenvalue weighted by molar-refractivity contribution is 5.79. The van der Waals surface area contributed by atoms with E-state index in [0.717, 1.165) is 36.0 Å². The molecule has 1 heterocycles. The minimum atomic E-state index is 0.578. The van der Waals surface area contributed by atoms with Crippen LogP contribution in [-0.4, -0.2) is 44.9 Å². The number of nitrogens with one attached hydrogen (secondary N) is 2. The van der Waals surface area contributed by atoms with Crippen LogP contribution in [-0.2, 0) is 13.0 Å². The van der Waals surface area contributed by atoms with E-state index in [1.807, 2.05) is 38.1 Å². The van der Waals surface area contributed by atoms with Gasteiger partial charge in [-0.1, -0.05) is 12.1 Å². The van der Waals surface area contributed by atoms with Gasteiger partial charge in [0.2, 0.25) is 5.88 Å². The largest absolute Gasteiger partial charge is 0.490 e. The summed E-state index contributed by atoms with van der Waals surface area (Å²) in [6.45, 7) is 6.47. The van der Waals surface area contributed by atoms with Crippen LogP contribution in [0.4, 0.5) is 0 Å². The molecule has 0 saturated carbocycles. The molecule has 2 N–H and O–H groups in total. The van der Waals surface area contributed by atoms with Gasteiger partial charge < -0.3 is 24.8 Å². The quantitative estimate of drug-likeness (QED) is 0.483. The molecule has 0 aliphatic heterocycles. The number of aromatic nitrogens is 1. The first-order valence-corrected chi connectivity index (χ1v) is 9.52. The third-order valence-corrected chi connectivity index (χ3v) is 4.03. The molecule has 7 heteroatoms. The van der Waals surface area contributed by atoms with Crippen LogP contribution in [0.1, 0.15) is 25.0 Å². The molecule has 28 heavy (non-hydrogen) atoms. The lowest BCUT2D eigenvalue weighted by molar-refractivity contribution is 0.287. The van der Waals surface area contributed by atoms with Gasteiger partial charge in [-0.05, 0) is 44.0 Å². The summed E-state index contributed by atoms with van der Waals surface area (Å²) in [5.41, 5.74) is 2.14. The first-order valence-electron chi connectivity index (χ1n) is 9.52. The predicted molar refractivity (Wildman–Crippen MR) is 111 cm³/mol. The molecule has 0 radical (unpaired) electrons. The van der Waals surface area contributed by atoms with Crippen LogP contribution >= 0.6 is 0 Å². The smallest absolute Gasteiger partial charge is 0.218 e. The molecule has 0 spiro atoms. The molecule has 0 saturated heterocycles.